The van der Waals surface area contributed by atoms with Crippen LogP contribution in [0.5, 0.6) is 0 Å². The highest BCUT2D eigenvalue weighted by Gasteiger charge is 2.16. The van der Waals surface area contributed by atoms with Crippen LogP contribution in [0.2, 0.25) is 0 Å². The van der Waals surface area contributed by atoms with E-state index in [-0.39, 0.29) is 22.1 Å². The molecule has 1 heterocycles. The van der Waals surface area contributed by atoms with Crippen LogP contribution in [0.15, 0.2) is 22.8 Å². The number of aromatic nitrogens is 2. The summed E-state index contributed by atoms with van der Waals surface area (Å²) in [6.07, 6.45) is 1.25. The standard InChI is InChI=1S/C12H9BrF2N2O2/c1-6-7(12(18)19)4-17(16-6)5-8-10(14)3-2-9(13)11(8)15/h2-4H,5H2,1H3,(H,18,19). The molecule has 1 aromatic carbocycles. The first-order valence-corrected chi connectivity index (χ1v) is 6.09. The number of benzene rings is 1. The van der Waals surface area contributed by atoms with Gasteiger partial charge in [0.2, 0.25) is 0 Å². The Morgan fingerprint density at radius 1 is 1.47 bits per heavy atom. The molecule has 0 saturated carbocycles. The van der Waals surface area contributed by atoms with Gasteiger partial charge in [-0.25, -0.2) is 13.6 Å². The third kappa shape index (κ3) is 2.65. The van der Waals surface area contributed by atoms with Gasteiger partial charge in [0.25, 0.3) is 0 Å². The number of carboxylic acids is 1. The molecule has 0 fully saturated rings. The van der Waals surface area contributed by atoms with Crippen LogP contribution in [-0.2, 0) is 6.54 Å². The Balaban J connectivity index is 2.39. The fourth-order valence-corrected chi connectivity index (χ4v) is 2.06. The molecule has 1 N–H and O–H groups in total. The first-order valence-electron chi connectivity index (χ1n) is 5.30. The van der Waals surface area contributed by atoms with E-state index in [1.165, 1.54) is 23.9 Å². The summed E-state index contributed by atoms with van der Waals surface area (Å²) in [6.45, 7) is 1.35. The molecule has 0 bridgehead atoms. The van der Waals surface area contributed by atoms with E-state index < -0.39 is 17.6 Å². The molecular formula is C12H9BrF2N2O2. The SMILES string of the molecule is Cc1nn(Cc2c(F)ccc(Br)c2F)cc1C(=O)O. The fraction of sp³-hybridized carbons (Fsp3) is 0.167. The van der Waals surface area contributed by atoms with Crippen LogP contribution in [0.3, 0.4) is 0 Å². The summed E-state index contributed by atoms with van der Waals surface area (Å²) in [5.74, 6) is -2.55. The molecular weight excluding hydrogens is 322 g/mol. The molecule has 0 aliphatic carbocycles. The van der Waals surface area contributed by atoms with Gasteiger partial charge in [-0.1, -0.05) is 0 Å². The van der Waals surface area contributed by atoms with Gasteiger partial charge in [-0.15, -0.1) is 0 Å². The van der Waals surface area contributed by atoms with E-state index >= 15 is 0 Å². The highest BCUT2D eigenvalue weighted by Crippen LogP contribution is 2.22. The summed E-state index contributed by atoms with van der Waals surface area (Å²) in [5, 5.41) is 12.8. The normalized spacial score (nSPS) is 10.7. The van der Waals surface area contributed by atoms with Crippen LogP contribution >= 0.6 is 15.9 Å². The topological polar surface area (TPSA) is 55.1 Å². The zero-order chi connectivity index (χ0) is 14.2. The minimum absolute atomic E-state index is 0.0100. The second-order valence-electron chi connectivity index (χ2n) is 3.95. The zero-order valence-electron chi connectivity index (χ0n) is 9.82. The van der Waals surface area contributed by atoms with E-state index in [2.05, 4.69) is 21.0 Å². The summed E-state index contributed by atoms with van der Waals surface area (Å²) in [7, 11) is 0. The average Bonchev–Trinajstić information content (AvgIpc) is 2.71. The third-order valence-corrected chi connectivity index (χ3v) is 3.25. The van der Waals surface area contributed by atoms with Gasteiger partial charge >= 0.3 is 5.97 Å². The van der Waals surface area contributed by atoms with Crippen molar-refractivity contribution in [1.82, 2.24) is 9.78 Å². The highest BCUT2D eigenvalue weighted by molar-refractivity contribution is 9.10. The molecule has 0 spiro atoms. The maximum absolute atomic E-state index is 13.8. The Labute approximate surface area is 115 Å². The molecule has 7 heteroatoms. The van der Waals surface area contributed by atoms with Crippen LogP contribution in [0.1, 0.15) is 21.6 Å². The lowest BCUT2D eigenvalue weighted by molar-refractivity contribution is 0.0696. The Morgan fingerprint density at radius 3 is 2.74 bits per heavy atom. The molecule has 19 heavy (non-hydrogen) atoms. The first kappa shape index (κ1) is 13.7. The molecule has 4 nitrogen and oxygen atoms in total. The number of aromatic carboxylic acids is 1. The minimum Gasteiger partial charge on any atom is -0.478 e. The summed E-state index contributed by atoms with van der Waals surface area (Å²) in [6, 6.07) is 2.40. The second-order valence-corrected chi connectivity index (χ2v) is 4.81. The second kappa shape index (κ2) is 5.08. The van der Waals surface area contributed by atoms with Crippen molar-refractivity contribution in [2.45, 2.75) is 13.5 Å². The average molecular weight is 331 g/mol. The van der Waals surface area contributed by atoms with Gasteiger partial charge < -0.3 is 5.11 Å². The molecule has 0 aliphatic rings. The number of hydrogen-bond acceptors (Lipinski definition) is 2. The van der Waals surface area contributed by atoms with Gasteiger partial charge in [0.1, 0.15) is 17.2 Å². The number of nitrogens with zero attached hydrogens (tertiary/aromatic N) is 2. The fourth-order valence-electron chi connectivity index (χ4n) is 1.68. The van der Waals surface area contributed by atoms with Crippen LogP contribution < -0.4 is 0 Å². The zero-order valence-corrected chi connectivity index (χ0v) is 11.4. The largest absolute Gasteiger partial charge is 0.478 e. The molecule has 100 valence electrons. The van der Waals surface area contributed by atoms with Crippen LogP contribution in [0, 0.1) is 18.6 Å². The maximum atomic E-state index is 13.8. The smallest absolute Gasteiger partial charge is 0.339 e. The Kier molecular flexibility index (Phi) is 3.66. The van der Waals surface area contributed by atoms with Crippen molar-refractivity contribution >= 4 is 21.9 Å². The van der Waals surface area contributed by atoms with E-state index in [4.69, 9.17) is 5.11 Å². The van der Waals surface area contributed by atoms with Gasteiger partial charge in [0.15, 0.2) is 0 Å². The number of carboxylic acid groups (broad SMARTS) is 1. The lowest BCUT2D eigenvalue weighted by Crippen LogP contribution is -2.06. The third-order valence-electron chi connectivity index (χ3n) is 2.64. The van der Waals surface area contributed by atoms with E-state index in [0.717, 1.165) is 6.07 Å². The number of aryl methyl sites for hydroxylation is 1. The van der Waals surface area contributed by atoms with Gasteiger partial charge in [-0.2, -0.15) is 5.10 Å². The van der Waals surface area contributed by atoms with Gasteiger partial charge in [0, 0.05) is 11.8 Å². The maximum Gasteiger partial charge on any atom is 0.339 e. The van der Waals surface area contributed by atoms with Crippen LogP contribution in [-0.4, -0.2) is 20.9 Å². The molecule has 2 rings (SSSR count). The van der Waals surface area contributed by atoms with Crippen molar-refractivity contribution in [3.05, 3.63) is 51.3 Å². The minimum atomic E-state index is -1.13. The predicted molar refractivity (Wildman–Crippen MR) is 67.1 cm³/mol. The number of hydrogen-bond donors (Lipinski definition) is 1. The lowest BCUT2D eigenvalue weighted by Gasteiger charge is -2.06. The monoisotopic (exact) mass is 330 g/mol. The molecule has 0 radical (unpaired) electrons. The van der Waals surface area contributed by atoms with Crippen molar-refractivity contribution in [3.8, 4) is 0 Å². The Morgan fingerprint density at radius 2 is 2.16 bits per heavy atom. The molecule has 0 saturated heterocycles. The first-order chi connectivity index (χ1) is 8.90. The predicted octanol–water partition coefficient (Wildman–Crippen LogP) is 2.98. The molecule has 0 unspecified atom stereocenters. The lowest BCUT2D eigenvalue weighted by atomic mass is 10.2. The Hall–Kier alpha value is -1.76. The van der Waals surface area contributed by atoms with Gasteiger partial charge in [-0.3, -0.25) is 4.68 Å². The van der Waals surface area contributed by atoms with E-state index in [9.17, 15) is 13.6 Å². The van der Waals surface area contributed by atoms with Gasteiger partial charge in [0.05, 0.1) is 16.7 Å². The molecule has 0 amide bonds. The summed E-state index contributed by atoms with van der Waals surface area (Å²) < 4.78 is 28.7. The van der Waals surface area contributed by atoms with Gasteiger partial charge in [-0.05, 0) is 35.0 Å². The summed E-state index contributed by atoms with van der Waals surface area (Å²) >= 11 is 2.97. The van der Waals surface area contributed by atoms with Crippen molar-refractivity contribution in [1.29, 1.82) is 0 Å². The van der Waals surface area contributed by atoms with E-state index in [0.29, 0.717) is 5.69 Å². The Bertz CT molecular complexity index is 655. The quantitative estimate of drug-likeness (QED) is 0.880. The molecule has 1 aromatic heterocycles. The van der Waals surface area contributed by atoms with Crippen molar-refractivity contribution in [3.63, 3.8) is 0 Å². The molecule has 2 aromatic rings. The summed E-state index contributed by atoms with van der Waals surface area (Å²) in [5.41, 5.74) is 0.132. The molecule has 0 atom stereocenters. The van der Waals surface area contributed by atoms with Crippen molar-refractivity contribution in [2.24, 2.45) is 0 Å². The highest BCUT2D eigenvalue weighted by atomic mass is 79.9. The van der Waals surface area contributed by atoms with Crippen molar-refractivity contribution in [2.75, 3.05) is 0 Å². The number of carbonyl (C=O) groups is 1. The summed E-state index contributed by atoms with van der Waals surface area (Å²) in [4.78, 5) is 10.9. The van der Waals surface area contributed by atoms with E-state index in [1.54, 1.807) is 0 Å². The number of rotatable bonds is 3. The van der Waals surface area contributed by atoms with Crippen molar-refractivity contribution < 1.29 is 18.7 Å². The van der Waals surface area contributed by atoms with E-state index in [1.807, 2.05) is 0 Å². The van der Waals surface area contributed by atoms with Crippen LogP contribution in [0.4, 0.5) is 8.78 Å². The molecule has 0 aliphatic heterocycles. The van der Waals surface area contributed by atoms with Crippen LogP contribution in [0.25, 0.3) is 0 Å². The number of halogens is 3.